The first-order chi connectivity index (χ1) is 15.3. The molecule has 0 aromatic carbocycles. The molecule has 1 N–H and O–H groups in total. The van der Waals surface area contributed by atoms with Gasteiger partial charge in [-0.05, 0) is 54.6 Å². The smallest absolute Gasteiger partial charge is 0.273 e. The van der Waals surface area contributed by atoms with Crippen molar-refractivity contribution in [3.05, 3.63) is 35.8 Å². The molecule has 2 bridgehead atoms. The number of hydrogen-bond acceptors (Lipinski definition) is 5. The highest BCUT2D eigenvalue weighted by atomic mass is 16.7. The van der Waals surface area contributed by atoms with E-state index in [2.05, 4.69) is 24.1 Å². The first kappa shape index (κ1) is 21.4. The van der Waals surface area contributed by atoms with E-state index in [0.29, 0.717) is 60.6 Å². The minimum Gasteiger partial charge on any atom is -0.350 e. The van der Waals surface area contributed by atoms with Crippen molar-refractivity contribution in [3.8, 4) is 0 Å². The van der Waals surface area contributed by atoms with Crippen LogP contribution in [0.5, 0.6) is 0 Å². The fourth-order valence-corrected chi connectivity index (χ4v) is 5.83. The van der Waals surface area contributed by atoms with E-state index in [9.17, 15) is 9.59 Å². The number of likely N-dealkylation sites (N-methyl/N-ethyl adjacent to an activating group) is 1. The third-order valence-corrected chi connectivity index (χ3v) is 7.93. The number of pyridine rings is 1. The largest absolute Gasteiger partial charge is 0.350 e. The normalized spacial score (nSPS) is 26.7. The molecule has 2 amide bonds. The molecule has 0 radical (unpaired) electrons. The Labute approximate surface area is 188 Å². The molecule has 3 atom stereocenters. The number of nitrogens with zero attached hydrogens (tertiary/aromatic N) is 3. The topological polar surface area (TPSA) is 85.2 Å². The second-order valence-corrected chi connectivity index (χ2v) is 10.0. The van der Waals surface area contributed by atoms with Crippen LogP contribution < -0.4 is 5.32 Å². The minimum atomic E-state index is -0.405. The highest BCUT2D eigenvalue weighted by Crippen LogP contribution is 2.61. The van der Waals surface area contributed by atoms with Gasteiger partial charge in [-0.1, -0.05) is 19.9 Å². The zero-order valence-electron chi connectivity index (χ0n) is 19.0. The van der Waals surface area contributed by atoms with E-state index in [-0.39, 0.29) is 11.8 Å². The highest BCUT2D eigenvalue weighted by Gasteiger charge is 2.53. The van der Waals surface area contributed by atoms with E-state index in [0.717, 1.165) is 5.92 Å². The summed E-state index contributed by atoms with van der Waals surface area (Å²) < 4.78 is 12.5. The quantitative estimate of drug-likeness (QED) is 0.746. The Hall–Kier alpha value is -2.45. The first-order valence-corrected chi connectivity index (χ1v) is 11.6. The molecule has 6 rings (SSSR count). The van der Waals surface area contributed by atoms with Crippen LogP contribution in [0.4, 0.5) is 0 Å². The third-order valence-electron chi connectivity index (χ3n) is 7.93. The van der Waals surface area contributed by atoms with Crippen LogP contribution in [0.1, 0.15) is 54.1 Å². The van der Waals surface area contributed by atoms with Crippen LogP contribution >= 0.6 is 0 Å². The number of aromatic nitrogens is 2. The summed E-state index contributed by atoms with van der Waals surface area (Å²) in [4.78, 5) is 31.9. The summed E-state index contributed by atoms with van der Waals surface area (Å²) in [7, 11) is 1.70. The Morgan fingerprint density at radius 3 is 2.75 bits per heavy atom. The Morgan fingerprint density at radius 2 is 2.03 bits per heavy atom. The summed E-state index contributed by atoms with van der Waals surface area (Å²) in [6.07, 6.45) is 4.98. The van der Waals surface area contributed by atoms with Crippen molar-refractivity contribution in [2.45, 2.75) is 39.4 Å². The molecule has 32 heavy (non-hydrogen) atoms. The molecule has 2 aromatic rings. The zero-order valence-corrected chi connectivity index (χ0v) is 19.0. The highest BCUT2D eigenvalue weighted by molar-refractivity contribution is 5.95. The monoisotopic (exact) mass is 440 g/mol. The van der Waals surface area contributed by atoms with Gasteiger partial charge in [0, 0.05) is 19.8 Å². The first-order valence-electron chi connectivity index (χ1n) is 11.6. The van der Waals surface area contributed by atoms with E-state index in [1.807, 2.05) is 0 Å². The number of carbonyl (C=O) groups is 2. The summed E-state index contributed by atoms with van der Waals surface area (Å²) in [5.74, 6) is 1.71. The summed E-state index contributed by atoms with van der Waals surface area (Å²) in [5.41, 5.74) is 1.75. The number of carbonyl (C=O) groups excluding carboxylic acids is 2. The lowest BCUT2D eigenvalue weighted by molar-refractivity contribution is -0.103. The molecule has 3 saturated carbocycles. The zero-order chi connectivity index (χ0) is 22.5. The van der Waals surface area contributed by atoms with Gasteiger partial charge >= 0.3 is 0 Å². The van der Waals surface area contributed by atoms with Crippen LogP contribution in [0.2, 0.25) is 0 Å². The van der Waals surface area contributed by atoms with Crippen molar-refractivity contribution in [1.82, 2.24) is 19.6 Å². The van der Waals surface area contributed by atoms with E-state index in [4.69, 9.17) is 9.47 Å². The van der Waals surface area contributed by atoms with Crippen LogP contribution in [-0.4, -0.2) is 65.7 Å². The summed E-state index contributed by atoms with van der Waals surface area (Å²) >= 11 is 0. The van der Waals surface area contributed by atoms with Crippen molar-refractivity contribution in [2.24, 2.45) is 23.2 Å². The molecule has 172 valence electrons. The van der Waals surface area contributed by atoms with Crippen LogP contribution in [-0.2, 0) is 9.47 Å². The lowest BCUT2D eigenvalue weighted by Crippen LogP contribution is -2.54. The van der Waals surface area contributed by atoms with Gasteiger partial charge in [-0.15, -0.1) is 0 Å². The number of nitrogens with one attached hydrogen (secondary N) is 1. The van der Waals surface area contributed by atoms with Crippen LogP contribution in [0, 0.1) is 23.2 Å². The maximum absolute atomic E-state index is 13.0. The Kier molecular flexibility index (Phi) is 5.45. The second kappa shape index (κ2) is 8.15. The number of amides is 2. The number of hydrogen-bond donors (Lipinski definition) is 1. The summed E-state index contributed by atoms with van der Waals surface area (Å²) in [6, 6.07) is 5.37. The van der Waals surface area contributed by atoms with Gasteiger partial charge < -0.3 is 19.7 Å². The van der Waals surface area contributed by atoms with Gasteiger partial charge in [0.25, 0.3) is 11.8 Å². The molecule has 4 aliphatic rings. The Balaban J connectivity index is 1.27. The van der Waals surface area contributed by atoms with Crippen molar-refractivity contribution in [1.29, 1.82) is 0 Å². The van der Waals surface area contributed by atoms with Crippen molar-refractivity contribution in [2.75, 3.05) is 33.4 Å². The van der Waals surface area contributed by atoms with Crippen molar-refractivity contribution < 1.29 is 19.1 Å². The Morgan fingerprint density at radius 1 is 1.25 bits per heavy atom. The molecule has 3 aliphatic carbocycles. The minimum absolute atomic E-state index is 0.132. The molecule has 2 aromatic heterocycles. The van der Waals surface area contributed by atoms with E-state index in [1.165, 1.54) is 24.2 Å². The molecule has 1 saturated heterocycles. The maximum atomic E-state index is 13.0. The van der Waals surface area contributed by atoms with Gasteiger partial charge in [-0.3, -0.25) is 14.0 Å². The van der Waals surface area contributed by atoms with Gasteiger partial charge in [-0.2, -0.15) is 0 Å². The van der Waals surface area contributed by atoms with Crippen LogP contribution in [0.25, 0.3) is 5.65 Å². The van der Waals surface area contributed by atoms with E-state index < -0.39 is 6.29 Å². The summed E-state index contributed by atoms with van der Waals surface area (Å²) in [6.45, 7) is 6.85. The number of ether oxygens (including phenoxy) is 2. The average molecular weight is 441 g/mol. The third kappa shape index (κ3) is 3.69. The van der Waals surface area contributed by atoms with E-state index >= 15 is 0 Å². The van der Waals surface area contributed by atoms with Crippen molar-refractivity contribution >= 4 is 17.5 Å². The molecule has 0 unspecified atom stereocenters. The van der Waals surface area contributed by atoms with Crippen LogP contribution in [0.15, 0.2) is 24.4 Å². The molecule has 1 aliphatic heterocycles. The molecule has 4 fully saturated rings. The second-order valence-electron chi connectivity index (χ2n) is 10.0. The molecular formula is C24H32N4O4. The molecule has 8 nitrogen and oxygen atoms in total. The average Bonchev–Trinajstić information content (AvgIpc) is 3.46. The summed E-state index contributed by atoms with van der Waals surface area (Å²) in [5, 5.41) is 3.15. The molecule has 8 heteroatoms. The predicted octanol–water partition coefficient (Wildman–Crippen LogP) is 2.58. The lowest BCUT2D eigenvalue weighted by Gasteiger charge is -2.60. The molecule has 0 spiro atoms. The number of fused-ring (bicyclic) bond motifs is 3. The standard InChI is InChI=1S/C24H32N4O4/c1-24(2)16-8-7-15(17(24)11-16)12-25-22(29)19-5-4-6-20-26-18(13-28(19)20)23(30)27(3)14-21-31-9-10-32-21/h4-6,13,15-17,21H,7-12,14H2,1-3H3,(H,25,29)/t15-,16-,17-/m0/s1. The molecular weight excluding hydrogens is 408 g/mol. The van der Waals surface area contributed by atoms with Gasteiger partial charge in [0.1, 0.15) is 17.0 Å². The van der Waals surface area contributed by atoms with Gasteiger partial charge in [0.15, 0.2) is 6.29 Å². The maximum Gasteiger partial charge on any atom is 0.273 e. The van der Waals surface area contributed by atoms with E-state index in [1.54, 1.807) is 35.8 Å². The SMILES string of the molecule is CN(CC1OCCO1)C(=O)c1cn2c(C(=O)NC[C@@H]3CC[C@H]4C[C@@H]3C4(C)C)cccc2n1. The lowest BCUT2D eigenvalue weighted by atomic mass is 9.45. The van der Waals surface area contributed by atoms with Crippen molar-refractivity contribution in [3.63, 3.8) is 0 Å². The van der Waals surface area contributed by atoms with Gasteiger partial charge in [0.05, 0.1) is 19.8 Å². The van der Waals surface area contributed by atoms with Crippen LogP contribution in [0.3, 0.4) is 0 Å². The molecule has 3 heterocycles. The number of rotatable bonds is 6. The Bertz CT molecular complexity index is 1020. The number of imidazole rings is 1. The predicted molar refractivity (Wildman–Crippen MR) is 118 cm³/mol. The fourth-order valence-electron chi connectivity index (χ4n) is 5.83. The van der Waals surface area contributed by atoms with Gasteiger partial charge in [-0.25, -0.2) is 4.98 Å². The fraction of sp³-hybridized carbons (Fsp3) is 0.625. The van der Waals surface area contributed by atoms with Gasteiger partial charge in [0.2, 0.25) is 0 Å².